The molecule has 0 radical (unpaired) electrons. The molecule has 0 heterocycles. The summed E-state index contributed by atoms with van der Waals surface area (Å²) in [6.07, 6.45) is -0.793. The van der Waals surface area contributed by atoms with Gasteiger partial charge in [-0.05, 0) is 20.8 Å². The van der Waals surface area contributed by atoms with Gasteiger partial charge >= 0.3 is 6.09 Å². The van der Waals surface area contributed by atoms with Crippen LogP contribution in [0.15, 0.2) is 0 Å². The van der Waals surface area contributed by atoms with Gasteiger partial charge in [-0.15, -0.1) is 0 Å². The largest absolute Gasteiger partial charge is 0.444 e. The molecule has 1 atom stereocenters. The van der Waals surface area contributed by atoms with Crippen LogP contribution in [0.4, 0.5) is 13.6 Å². The molecule has 0 aromatic carbocycles. The van der Waals surface area contributed by atoms with Crippen LogP contribution in [0.5, 0.6) is 0 Å². The van der Waals surface area contributed by atoms with Crippen molar-refractivity contribution in [1.82, 2.24) is 5.32 Å². The summed E-state index contributed by atoms with van der Waals surface area (Å²) >= 11 is 1.92. The Balaban J connectivity index is 2.39. The highest BCUT2D eigenvalue weighted by molar-refractivity contribution is 14.1. The number of alkyl carbamates (subject to hydrolysis) is 1. The summed E-state index contributed by atoms with van der Waals surface area (Å²) in [6.45, 7) is 5.16. The number of amides is 1. The molecule has 16 heavy (non-hydrogen) atoms. The maximum atomic E-state index is 13.0. The number of hydrogen-bond donors (Lipinski definition) is 1. The predicted octanol–water partition coefficient (Wildman–Crippen LogP) is 2.97. The zero-order valence-corrected chi connectivity index (χ0v) is 11.7. The number of nitrogens with one attached hydrogen (secondary N) is 1. The highest BCUT2D eigenvalue weighted by Gasteiger charge is 2.70. The van der Waals surface area contributed by atoms with E-state index in [1.807, 2.05) is 22.6 Å². The fraction of sp³-hybridized carbons (Fsp3) is 0.900. The second-order valence-corrected chi connectivity index (χ2v) is 5.91. The molecule has 0 bridgehead atoms. The van der Waals surface area contributed by atoms with Gasteiger partial charge < -0.3 is 10.1 Å². The molecule has 1 N–H and O–H groups in total. The Morgan fingerprint density at radius 2 is 2.00 bits per heavy atom. The first-order chi connectivity index (χ1) is 7.12. The molecule has 1 aliphatic carbocycles. The van der Waals surface area contributed by atoms with Gasteiger partial charge in [0.1, 0.15) is 5.60 Å². The van der Waals surface area contributed by atoms with Crippen LogP contribution >= 0.6 is 22.6 Å². The normalized spacial score (nSPS) is 27.4. The third-order valence-electron chi connectivity index (χ3n) is 2.44. The molecule has 94 valence electrons. The predicted molar refractivity (Wildman–Crippen MR) is 65.1 cm³/mol. The van der Waals surface area contributed by atoms with Gasteiger partial charge in [0.25, 0.3) is 5.92 Å². The minimum Gasteiger partial charge on any atom is -0.444 e. The highest BCUT2D eigenvalue weighted by atomic mass is 127. The van der Waals surface area contributed by atoms with Crippen molar-refractivity contribution in [1.29, 1.82) is 0 Å². The summed E-state index contributed by atoms with van der Waals surface area (Å²) in [5, 5.41) is 2.40. The molecule has 1 amide bonds. The fourth-order valence-corrected chi connectivity index (χ4v) is 2.42. The minimum atomic E-state index is -2.65. The summed E-state index contributed by atoms with van der Waals surface area (Å²) in [6, 6.07) is 0. The fourth-order valence-electron chi connectivity index (χ4n) is 1.32. The molecule has 1 saturated carbocycles. The van der Waals surface area contributed by atoms with Gasteiger partial charge in [0.2, 0.25) is 0 Å². The number of carbonyl (C=O) groups excluding carboxylic acids is 1. The van der Waals surface area contributed by atoms with Crippen molar-refractivity contribution in [2.75, 3.05) is 11.0 Å². The standard InChI is InChI=1S/C10H16F2INO2/c1-8(2,3)16-7(15)14-6-9(5-13)4-10(9,11)12/h4-6H2,1-3H3,(H,14,15). The third-order valence-corrected chi connectivity index (χ3v) is 3.90. The van der Waals surface area contributed by atoms with E-state index >= 15 is 0 Å². The van der Waals surface area contributed by atoms with E-state index in [-0.39, 0.29) is 13.0 Å². The van der Waals surface area contributed by atoms with Gasteiger partial charge in [0.05, 0.1) is 5.41 Å². The Morgan fingerprint density at radius 3 is 2.31 bits per heavy atom. The topological polar surface area (TPSA) is 38.3 Å². The minimum absolute atomic E-state index is 0.0299. The van der Waals surface area contributed by atoms with E-state index in [9.17, 15) is 13.6 Å². The van der Waals surface area contributed by atoms with E-state index in [0.717, 1.165) is 0 Å². The molecule has 1 aliphatic rings. The van der Waals surface area contributed by atoms with Crippen molar-refractivity contribution >= 4 is 28.7 Å². The number of halogens is 3. The Bertz CT molecular complexity index is 291. The average molecular weight is 347 g/mol. The quantitative estimate of drug-likeness (QED) is 0.630. The van der Waals surface area contributed by atoms with Crippen LogP contribution in [-0.2, 0) is 4.74 Å². The summed E-state index contributed by atoms with van der Waals surface area (Å²) in [4.78, 5) is 11.3. The van der Waals surface area contributed by atoms with Crippen LogP contribution in [0.25, 0.3) is 0 Å². The highest BCUT2D eigenvalue weighted by Crippen LogP contribution is 2.60. The van der Waals surface area contributed by atoms with E-state index in [1.54, 1.807) is 20.8 Å². The number of ether oxygens (including phenoxy) is 1. The van der Waals surface area contributed by atoms with Crippen LogP contribution in [0, 0.1) is 5.41 Å². The second kappa shape index (κ2) is 4.27. The number of hydrogen-bond acceptors (Lipinski definition) is 2. The lowest BCUT2D eigenvalue weighted by molar-refractivity contribution is 0.0464. The molecule has 0 aromatic rings. The zero-order chi connectivity index (χ0) is 12.6. The van der Waals surface area contributed by atoms with Gasteiger partial charge in [-0.1, -0.05) is 22.6 Å². The first-order valence-corrected chi connectivity index (χ1v) is 6.55. The van der Waals surface area contributed by atoms with E-state index in [4.69, 9.17) is 4.74 Å². The number of carbonyl (C=O) groups is 1. The lowest BCUT2D eigenvalue weighted by Crippen LogP contribution is -2.37. The smallest absolute Gasteiger partial charge is 0.407 e. The summed E-state index contributed by atoms with van der Waals surface area (Å²) in [7, 11) is 0. The van der Waals surface area contributed by atoms with Crippen LogP contribution in [0.2, 0.25) is 0 Å². The molecule has 0 aliphatic heterocycles. The SMILES string of the molecule is CC(C)(C)OC(=O)NCC1(CI)CC1(F)F. The molecule has 6 heteroatoms. The molecule has 1 rings (SSSR count). The van der Waals surface area contributed by atoms with E-state index in [2.05, 4.69) is 5.32 Å². The van der Waals surface area contributed by atoms with Crippen LogP contribution < -0.4 is 5.32 Å². The van der Waals surface area contributed by atoms with Crippen molar-refractivity contribution in [3.8, 4) is 0 Å². The molecular formula is C10H16F2INO2. The Hall–Kier alpha value is -0.140. The summed E-state index contributed by atoms with van der Waals surface area (Å²) in [5.41, 5.74) is -1.67. The van der Waals surface area contributed by atoms with E-state index < -0.39 is 23.0 Å². The lowest BCUT2D eigenvalue weighted by Gasteiger charge is -2.21. The molecule has 0 aromatic heterocycles. The maximum absolute atomic E-state index is 13.0. The lowest BCUT2D eigenvalue weighted by atomic mass is 10.1. The van der Waals surface area contributed by atoms with E-state index in [0.29, 0.717) is 4.43 Å². The molecule has 1 unspecified atom stereocenters. The number of alkyl halides is 3. The molecule has 0 saturated heterocycles. The third kappa shape index (κ3) is 3.18. The van der Waals surface area contributed by atoms with Crippen LogP contribution in [-0.4, -0.2) is 28.6 Å². The first kappa shape index (κ1) is 13.9. The van der Waals surface area contributed by atoms with Crippen molar-refractivity contribution < 1.29 is 18.3 Å². The Labute approximate surface area is 107 Å². The van der Waals surface area contributed by atoms with Gasteiger partial charge in [-0.25, -0.2) is 13.6 Å². The molecule has 3 nitrogen and oxygen atoms in total. The average Bonchev–Trinajstić information content (AvgIpc) is 2.63. The monoisotopic (exact) mass is 347 g/mol. The van der Waals surface area contributed by atoms with Gasteiger partial charge in [0.15, 0.2) is 0 Å². The van der Waals surface area contributed by atoms with Gasteiger partial charge in [0, 0.05) is 17.4 Å². The molecule has 1 fully saturated rings. The maximum Gasteiger partial charge on any atom is 0.407 e. The Morgan fingerprint density at radius 1 is 1.50 bits per heavy atom. The van der Waals surface area contributed by atoms with Gasteiger partial charge in [-0.2, -0.15) is 0 Å². The van der Waals surface area contributed by atoms with Crippen molar-refractivity contribution in [2.24, 2.45) is 5.41 Å². The van der Waals surface area contributed by atoms with E-state index in [1.165, 1.54) is 0 Å². The first-order valence-electron chi connectivity index (χ1n) is 5.03. The van der Waals surface area contributed by atoms with Crippen LogP contribution in [0.1, 0.15) is 27.2 Å². The zero-order valence-electron chi connectivity index (χ0n) is 9.57. The summed E-state index contributed by atoms with van der Waals surface area (Å²) < 4.78 is 31.4. The van der Waals surface area contributed by atoms with Crippen molar-refractivity contribution in [2.45, 2.75) is 38.7 Å². The van der Waals surface area contributed by atoms with Crippen molar-refractivity contribution in [3.05, 3.63) is 0 Å². The van der Waals surface area contributed by atoms with Gasteiger partial charge in [-0.3, -0.25) is 0 Å². The summed E-state index contributed by atoms with van der Waals surface area (Å²) in [5.74, 6) is -2.65. The van der Waals surface area contributed by atoms with Crippen molar-refractivity contribution in [3.63, 3.8) is 0 Å². The Kier molecular flexibility index (Phi) is 3.71. The van der Waals surface area contributed by atoms with Crippen LogP contribution in [0.3, 0.4) is 0 Å². The number of rotatable bonds is 3. The molecule has 0 spiro atoms. The second-order valence-electron chi connectivity index (χ2n) is 5.15. The molecular weight excluding hydrogens is 331 g/mol.